The Labute approximate surface area is 116 Å². The smallest absolute Gasteiger partial charge is 0.256 e. The van der Waals surface area contributed by atoms with Crippen LogP contribution in [-0.4, -0.2) is 38.0 Å². The monoisotopic (exact) mass is 263 g/mol. The van der Waals surface area contributed by atoms with E-state index in [0.29, 0.717) is 17.2 Å². The summed E-state index contributed by atoms with van der Waals surface area (Å²) in [5, 5.41) is 0. The number of carbonyl (C=O) groups excluding carboxylic acids is 1. The van der Waals surface area contributed by atoms with Crippen LogP contribution in [0.25, 0.3) is 0 Å². The maximum absolute atomic E-state index is 12.6. The third-order valence-corrected chi connectivity index (χ3v) is 3.63. The first-order valence-corrected chi connectivity index (χ1v) is 6.59. The molecule has 106 valence electrons. The van der Waals surface area contributed by atoms with Crippen molar-refractivity contribution in [3.05, 3.63) is 23.8 Å². The molecule has 2 N–H and O–H groups in total. The van der Waals surface area contributed by atoms with Crippen molar-refractivity contribution in [2.45, 2.75) is 26.8 Å². The number of anilines is 2. The predicted molar refractivity (Wildman–Crippen MR) is 81.6 cm³/mol. The fraction of sp³-hybridized carbons (Fsp3) is 0.533. The van der Waals surface area contributed by atoms with E-state index in [9.17, 15) is 4.79 Å². The number of nitrogens with zero attached hydrogens (tertiary/aromatic N) is 2. The molecule has 0 aliphatic heterocycles. The van der Waals surface area contributed by atoms with E-state index in [1.54, 1.807) is 11.0 Å². The van der Waals surface area contributed by atoms with Crippen LogP contribution < -0.4 is 10.6 Å². The van der Waals surface area contributed by atoms with Gasteiger partial charge in [-0.2, -0.15) is 0 Å². The Morgan fingerprint density at radius 1 is 1.16 bits per heavy atom. The Balaban J connectivity index is 3.15. The van der Waals surface area contributed by atoms with Gasteiger partial charge in [-0.15, -0.1) is 0 Å². The molecule has 1 aromatic carbocycles. The molecule has 0 saturated heterocycles. The summed E-state index contributed by atoms with van der Waals surface area (Å²) in [5.41, 5.74) is 7.97. The number of benzene rings is 1. The van der Waals surface area contributed by atoms with Gasteiger partial charge in [0.2, 0.25) is 0 Å². The Morgan fingerprint density at radius 3 is 2.21 bits per heavy atom. The molecule has 1 rings (SSSR count). The van der Waals surface area contributed by atoms with Crippen LogP contribution in [0.3, 0.4) is 0 Å². The van der Waals surface area contributed by atoms with E-state index in [2.05, 4.69) is 20.8 Å². The highest BCUT2D eigenvalue weighted by Gasteiger charge is 2.22. The fourth-order valence-electron chi connectivity index (χ4n) is 1.94. The molecule has 0 fully saturated rings. The zero-order chi connectivity index (χ0) is 14.7. The number of rotatable bonds is 4. The lowest BCUT2D eigenvalue weighted by Gasteiger charge is -2.29. The van der Waals surface area contributed by atoms with Gasteiger partial charge in [0.15, 0.2) is 0 Å². The number of hydrogen-bond donors (Lipinski definition) is 1. The molecule has 0 radical (unpaired) electrons. The number of hydrogen-bond acceptors (Lipinski definition) is 3. The molecule has 1 atom stereocenters. The quantitative estimate of drug-likeness (QED) is 0.849. The second-order valence-corrected chi connectivity index (χ2v) is 5.57. The van der Waals surface area contributed by atoms with Gasteiger partial charge in [-0.25, -0.2) is 0 Å². The third-order valence-electron chi connectivity index (χ3n) is 3.63. The number of carbonyl (C=O) groups is 1. The summed E-state index contributed by atoms with van der Waals surface area (Å²) in [6.45, 7) is 6.28. The van der Waals surface area contributed by atoms with Crippen LogP contribution in [0.15, 0.2) is 18.2 Å². The lowest BCUT2D eigenvalue weighted by molar-refractivity contribution is 0.0708. The average Bonchev–Trinajstić information content (AvgIpc) is 2.35. The van der Waals surface area contributed by atoms with Gasteiger partial charge in [0.25, 0.3) is 5.91 Å². The van der Waals surface area contributed by atoms with Crippen molar-refractivity contribution in [2.75, 3.05) is 31.8 Å². The highest BCUT2D eigenvalue weighted by atomic mass is 16.2. The van der Waals surface area contributed by atoms with Crippen LogP contribution in [0.4, 0.5) is 11.4 Å². The molecule has 0 aliphatic carbocycles. The first-order valence-electron chi connectivity index (χ1n) is 6.59. The van der Waals surface area contributed by atoms with Crippen LogP contribution in [0, 0.1) is 5.92 Å². The van der Waals surface area contributed by atoms with Crippen molar-refractivity contribution in [2.24, 2.45) is 5.92 Å². The van der Waals surface area contributed by atoms with E-state index in [-0.39, 0.29) is 11.9 Å². The van der Waals surface area contributed by atoms with Gasteiger partial charge in [-0.05, 0) is 31.0 Å². The summed E-state index contributed by atoms with van der Waals surface area (Å²) in [6, 6.07) is 5.64. The Kier molecular flexibility index (Phi) is 4.81. The first kappa shape index (κ1) is 15.3. The van der Waals surface area contributed by atoms with E-state index in [1.807, 2.05) is 38.2 Å². The Morgan fingerprint density at radius 2 is 1.74 bits per heavy atom. The lowest BCUT2D eigenvalue weighted by atomic mass is 10.0. The molecular weight excluding hydrogens is 238 g/mol. The van der Waals surface area contributed by atoms with Crippen molar-refractivity contribution < 1.29 is 4.79 Å². The van der Waals surface area contributed by atoms with Crippen molar-refractivity contribution in [3.8, 4) is 0 Å². The van der Waals surface area contributed by atoms with Crippen molar-refractivity contribution in [1.29, 1.82) is 0 Å². The molecule has 1 aromatic rings. The SMILES string of the molecule is CC(C)C(C)N(C)C(=O)c1cc(N)ccc1N(C)C. The van der Waals surface area contributed by atoms with E-state index in [4.69, 9.17) is 5.73 Å². The summed E-state index contributed by atoms with van der Waals surface area (Å²) >= 11 is 0. The van der Waals surface area contributed by atoms with Crippen molar-refractivity contribution >= 4 is 17.3 Å². The van der Waals surface area contributed by atoms with Crippen molar-refractivity contribution in [3.63, 3.8) is 0 Å². The lowest BCUT2D eigenvalue weighted by Crippen LogP contribution is -2.38. The minimum atomic E-state index is 0.0113. The van der Waals surface area contributed by atoms with Gasteiger partial charge in [-0.1, -0.05) is 13.8 Å². The van der Waals surface area contributed by atoms with Gasteiger partial charge >= 0.3 is 0 Å². The van der Waals surface area contributed by atoms with Crippen LogP contribution in [0.2, 0.25) is 0 Å². The summed E-state index contributed by atoms with van der Waals surface area (Å²) in [6.07, 6.45) is 0. The summed E-state index contributed by atoms with van der Waals surface area (Å²) in [4.78, 5) is 16.3. The van der Waals surface area contributed by atoms with Crippen LogP contribution in [0.1, 0.15) is 31.1 Å². The maximum atomic E-state index is 12.6. The zero-order valence-corrected chi connectivity index (χ0v) is 12.8. The van der Waals surface area contributed by atoms with Gasteiger partial charge in [0.05, 0.1) is 5.56 Å². The fourth-order valence-corrected chi connectivity index (χ4v) is 1.94. The predicted octanol–water partition coefficient (Wildman–Crippen LogP) is 2.45. The van der Waals surface area contributed by atoms with Crippen molar-refractivity contribution in [1.82, 2.24) is 4.90 Å². The molecule has 0 saturated carbocycles. The minimum Gasteiger partial charge on any atom is -0.399 e. The summed E-state index contributed by atoms with van der Waals surface area (Å²) < 4.78 is 0. The largest absolute Gasteiger partial charge is 0.399 e. The molecule has 4 nitrogen and oxygen atoms in total. The highest BCUT2D eigenvalue weighted by Crippen LogP contribution is 2.24. The molecule has 4 heteroatoms. The molecule has 0 spiro atoms. The molecule has 0 bridgehead atoms. The summed E-state index contributed by atoms with van der Waals surface area (Å²) in [7, 11) is 5.69. The number of nitrogens with two attached hydrogens (primary N) is 1. The standard InChI is InChI=1S/C15H25N3O/c1-10(2)11(3)18(6)15(19)13-9-12(16)7-8-14(13)17(4)5/h7-11H,16H2,1-6H3. The zero-order valence-electron chi connectivity index (χ0n) is 12.8. The van der Waals surface area contributed by atoms with Gasteiger partial charge < -0.3 is 15.5 Å². The second kappa shape index (κ2) is 5.95. The Hall–Kier alpha value is -1.71. The molecular formula is C15H25N3O. The topological polar surface area (TPSA) is 49.6 Å². The molecule has 0 aromatic heterocycles. The van der Waals surface area contributed by atoms with E-state index >= 15 is 0 Å². The van der Waals surface area contributed by atoms with Gasteiger partial charge in [0.1, 0.15) is 0 Å². The van der Waals surface area contributed by atoms with Gasteiger partial charge in [-0.3, -0.25) is 4.79 Å². The number of nitrogen functional groups attached to an aromatic ring is 1. The van der Waals surface area contributed by atoms with E-state index < -0.39 is 0 Å². The first-order chi connectivity index (χ1) is 8.75. The molecule has 19 heavy (non-hydrogen) atoms. The van der Waals surface area contributed by atoms with Crippen LogP contribution in [-0.2, 0) is 0 Å². The molecule has 0 heterocycles. The average molecular weight is 263 g/mol. The minimum absolute atomic E-state index is 0.0113. The summed E-state index contributed by atoms with van der Waals surface area (Å²) in [5.74, 6) is 0.426. The molecule has 1 amide bonds. The van der Waals surface area contributed by atoms with Gasteiger partial charge in [0, 0.05) is 38.6 Å². The molecule has 1 unspecified atom stereocenters. The van der Waals surface area contributed by atoms with E-state index in [0.717, 1.165) is 5.69 Å². The Bertz CT molecular complexity index is 455. The van der Waals surface area contributed by atoms with E-state index in [1.165, 1.54) is 0 Å². The van der Waals surface area contributed by atoms with Crippen LogP contribution in [0.5, 0.6) is 0 Å². The highest BCUT2D eigenvalue weighted by molar-refractivity contribution is 6.00. The van der Waals surface area contributed by atoms with Crippen LogP contribution >= 0.6 is 0 Å². The molecule has 0 aliphatic rings. The maximum Gasteiger partial charge on any atom is 0.256 e. The number of amides is 1. The second-order valence-electron chi connectivity index (χ2n) is 5.57. The third kappa shape index (κ3) is 3.40. The normalized spacial score (nSPS) is 12.4.